The maximum absolute atomic E-state index is 11.1. The molecule has 33 heavy (non-hydrogen) atoms. The molecule has 1 heterocycles. The van der Waals surface area contributed by atoms with Gasteiger partial charge in [0.2, 0.25) is 5.69 Å². The lowest BCUT2D eigenvalue weighted by Crippen LogP contribution is -2.52. The molecule has 0 saturated heterocycles. The Morgan fingerprint density at radius 1 is 1.21 bits per heavy atom. The van der Waals surface area contributed by atoms with Crippen LogP contribution in [0.25, 0.3) is 4.85 Å². The van der Waals surface area contributed by atoms with Crippen LogP contribution in [0.15, 0.2) is 24.5 Å². The van der Waals surface area contributed by atoms with Gasteiger partial charge in [0, 0.05) is 12.8 Å². The van der Waals surface area contributed by atoms with Gasteiger partial charge in [-0.3, -0.25) is 4.68 Å². The Balaban J connectivity index is 1.26. The summed E-state index contributed by atoms with van der Waals surface area (Å²) in [4.78, 5) is 3.49. The molecule has 1 N–H and O–H groups in total. The number of hydrogen-bond donors (Lipinski definition) is 1. The van der Waals surface area contributed by atoms with Crippen molar-refractivity contribution >= 4 is 5.69 Å². The predicted molar refractivity (Wildman–Crippen MR) is 130 cm³/mol. The van der Waals surface area contributed by atoms with E-state index in [2.05, 4.69) is 23.4 Å². The second-order valence-corrected chi connectivity index (χ2v) is 11.9. The fourth-order valence-electron chi connectivity index (χ4n) is 8.87. The molecular weight excluding hydrogens is 410 g/mol. The molecule has 180 valence electrons. The summed E-state index contributed by atoms with van der Waals surface area (Å²) in [7, 11) is 0. The number of fused-ring (bicyclic) bond motifs is 5. The average Bonchev–Trinajstić information content (AvgIpc) is 3.40. The normalized spacial score (nSPS) is 42.1. The molecule has 0 unspecified atom stereocenters. The highest BCUT2D eigenvalue weighted by Gasteiger charge is 2.58. The van der Waals surface area contributed by atoms with Crippen LogP contribution in [0, 0.1) is 47.5 Å². The Kier molecular flexibility index (Phi) is 6.20. The van der Waals surface area contributed by atoms with E-state index in [1.807, 2.05) is 17.8 Å². The molecule has 0 bridgehead atoms. The lowest BCUT2D eigenvalue weighted by atomic mass is 9.48. The van der Waals surface area contributed by atoms with Gasteiger partial charge in [-0.05, 0) is 106 Å². The van der Waals surface area contributed by atoms with Crippen LogP contribution in [0.1, 0.15) is 71.6 Å². The van der Waals surface area contributed by atoms with Gasteiger partial charge in [0.25, 0.3) is 0 Å². The molecule has 1 aromatic rings. The minimum atomic E-state index is -0.594. The first-order valence-electron chi connectivity index (χ1n) is 13.2. The Morgan fingerprint density at radius 2 is 2.03 bits per heavy atom. The molecule has 1 aromatic heterocycles. The molecule has 5 nitrogen and oxygen atoms in total. The number of aromatic nitrogens is 2. The molecule has 0 aliphatic heterocycles. The minimum absolute atomic E-state index is 0.352. The molecule has 8 atom stereocenters. The fourth-order valence-corrected chi connectivity index (χ4v) is 8.87. The molecule has 0 radical (unpaired) electrons. The quantitative estimate of drug-likeness (QED) is 0.425. The molecule has 0 spiro atoms. The van der Waals surface area contributed by atoms with Gasteiger partial charge in [-0.25, -0.2) is 4.85 Å². The first-order valence-corrected chi connectivity index (χ1v) is 13.2. The number of allylic oxidation sites excluding steroid dienone is 1. The Bertz CT molecular complexity index is 918. The topological polar surface area (TPSA) is 51.6 Å². The molecule has 4 aliphatic rings. The number of rotatable bonds is 6. The molecule has 0 amide bonds. The zero-order chi connectivity index (χ0) is 23.2. The highest BCUT2D eigenvalue weighted by molar-refractivity contribution is 5.39. The lowest BCUT2D eigenvalue weighted by Gasteiger charge is -2.57. The summed E-state index contributed by atoms with van der Waals surface area (Å²) in [5.74, 6) is 4.54. The van der Waals surface area contributed by atoms with Crippen LogP contribution >= 0.6 is 0 Å². The highest BCUT2D eigenvalue weighted by Crippen LogP contribution is 2.65. The van der Waals surface area contributed by atoms with Crippen molar-refractivity contribution in [3.8, 4) is 0 Å². The van der Waals surface area contributed by atoms with Crippen LogP contribution in [0.5, 0.6) is 0 Å². The van der Waals surface area contributed by atoms with E-state index in [1.54, 1.807) is 6.20 Å². The van der Waals surface area contributed by atoms with Gasteiger partial charge in [0.15, 0.2) is 0 Å². The number of hydrogen-bond acceptors (Lipinski definition) is 3. The van der Waals surface area contributed by atoms with E-state index in [0.29, 0.717) is 36.2 Å². The van der Waals surface area contributed by atoms with Crippen LogP contribution in [0.2, 0.25) is 0 Å². The Morgan fingerprint density at radius 3 is 2.79 bits per heavy atom. The van der Waals surface area contributed by atoms with Crippen molar-refractivity contribution in [2.75, 3.05) is 13.2 Å². The monoisotopic (exact) mass is 451 g/mol. The maximum Gasteiger partial charge on any atom is 0.224 e. The molecule has 0 aromatic carbocycles. The zero-order valence-corrected chi connectivity index (χ0v) is 20.5. The van der Waals surface area contributed by atoms with Crippen molar-refractivity contribution in [3.63, 3.8) is 0 Å². The average molecular weight is 452 g/mol. The van der Waals surface area contributed by atoms with E-state index in [9.17, 15) is 5.11 Å². The first kappa shape index (κ1) is 23.1. The SMILES string of the molecule is [C-]#[N+]c1cnn(CC(=C)[C@H]2CC[C@H]3[C@@H]4CC[C@H]5C[C@@](O)(COCC)CC[C@@H]5[C@H]4CC[C@]23C)c1. The van der Waals surface area contributed by atoms with Crippen molar-refractivity contribution < 1.29 is 9.84 Å². The van der Waals surface area contributed by atoms with E-state index in [-0.39, 0.29) is 0 Å². The minimum Gasteiger partial charge on any atom is -0.387 e. The summed E-state index contributed by atoms with van der Waals surface area (Å²) in [5.41, 5.74) is 1.66. The van der Waals surface area contributed by atoms with Crippen LogP contribution < -0.4 is 0 Å². The van der Waals surface area contributed by atoms with Gasteiger partial charge in [-0.2, -0.15) is 5.10 Å². The van der Waals surface area contributed by atoms with Crippen molar-refractivity contribution in [1.82, 2.24) is 9.78 Å². The van der Waals surface area contributed by atoms with E-state index in [1.165, 1.54) is 50.5 Å². The van der Waals surface area contributed by atoms with Crippen LogP contribution in [0.3, 0.4) is 0 Å². The lowest BCUT2D eigenvalue weighted by molar-refractivity contribution is -0.127. The van der Waals surface area contributed by atoms with Gasteiger partial charge < -0.3 is 9.84 Å². The maximum atomic E-state index is 11.1. The third kappa shape index (κ3) is 4.08. The van der Waals surface area contributed by atoms with Gasteiger partial charge in [-0.1, -0.05) is 19.1 Å². The number of ether oxygens (including phenoxy) is 1. The Hall–Kier alpha value is -1.64. The Labute approximate surface area is 199 Å². The van der Waals surface area contributed by atoms with E-state index in [4.69, 9.17) is 11.3 Å². The smallest absolute Gasteiger partial charge is 0.224 e. The fraction of sp³-hybridized carbons (Fsp3) is 0.786. The van der Waals surface area contributed by atoms with Crippen LogP contribution in [-0.4, -0.2) is 33.7 Å². The van der Waals surface area contributed by atoms with Gasteiger partial charge in [-0.15, -0.1) is 0 Å². The highest BCUT2D eigenvalue weighted by atomic mass is 16.5. The molecule has 4 fully saturated rings. The summed E-state index contributed by atoms with van der Waals surface area (Å²) in [5, 5.41) is 15.5. The van der Waals surface area contributed by atoms with Crippen molar-refractivity contribution in [1.29, 1.82) is 0 Å². The number of nitrogens with zero attached hydrogens (tertiary/aromatic N) is 3. The van der Waals surface area contributed by atoms with E-state index in [0.717, 1.165) is 43.1 Å². The van der Waals surface area contributed by atoms with E-state index < -0.39 is 5.60 Å². The summed E-state index contributed by atoms with van der Waals surface area (Å²) in [6.07, 6.45) is 14.4. The summed E-state index contributed by atoms with van der Waals surface area (Å²) < 4.78 is 7.54. The summed E-state index contributed by atoms with van der Waals surface area (Å²) in [6, 6.07) is 0. The first-order chi connectivity index (χ1) is 15.9. The van der Waals surface area contributed by atoms with Gasteiger partial charge >= 0.3 is 0 Å². The van der Waals surface area contributed by atoms with Crippen molar-refractivity contribution in [2.24, 2.45) is 40.9 Å². The molecule has 4 aliphatic carbocycles. The second-order valence-electron chi connectivity index (χ2n) is 11.9. The van der Waals surface area contributed by atoms with Crippen LogP contribution in [-0.2, 0) is 11.3 Å². The van der Waals surface area contributed by atoms with Crippen molar-refractivity contribution in [2.45, 2.75) is 83.8 Å². The molecule has 4 saturated carbocycles. The standard InChI is InChI=1S/C28H41N3O2/c1-5-33-18-28(32)13-11-22-20(14-28)6-7-24-23(22)10-12-27(3)25(8-9-26(24)27)19(2)16-31-17-21(29-4)15-30-31/h15,17,20,22-26,32H,2,5-14,16,18H2,1,3H3/t20-,22-,23+,24+,25+,26-,27+,28+/m0/s1. The van der Waals surface area contributed by atoms with Gasteiger partial charge in [0.1, 0.15) is 0 Å². The van der Waals surface area contributed by atoms with Crippen LogP contribution in [0.4, 0.5) is 5.69 Å². The molecule has 5 rings (SSSR count). The molecule has 5 heteroatoms. The largest absolute Gasteiger partial charge is 0.387 e. The third-order valence-electron chi connectivity index (χ3n) is 10.3. The summed E-state index contributed by atoms with van der Waals surface area (Å²) >= 11 is 0. The third-order valence-corrected chi connectivity index (χ3v) is 10.3. The van der Waals surface area contributed by atoms with E-state index >= 15 is 0 Å². The second kappa shape index (κ2) is 8.86. The molecular formula is C28H41N3O2. The van der Waals surface area contributed by atoms with Crippen molar-refractivity contribution in [3.05, 3.63) is 36.0 Å². The van der Waals surface area contributed by atoms with Gasteiger partial charge in [0.05, 0.1) is 31.5 Å². The number of aliphatic hydroxyl groups is 1. The summed E-state index contributed by atoms with van der Waals surface area (Å²) in [6.45, 7) is 18.2. The predicted octanol–water partition coefficient (Wildman–Crippen LogP) is 6.03. The zero-order valence-electron chi connectivity index (χ0n) is 20.5.